The van der Waals surface area contributed by atoms with Crippen molar-refractivity contribution in [2.45, 2.75) is 104 Å². The van der Waals surface area contributed by atoms with Crippen LogP contribution in [0.4, 0.5) is 0 Å². The van der Waals surface area contributed by atoms with Gasteiger partial charge >= 0.3 is 0 Å². The van der Waals surface area contributed by atoms with Crippen molar-refractivity contribution in [3.63, 3.8) is 0 Å². The Kier molecular flexibility index (Phi) is 12.1. The average molecular weight is 303 g/mol. The number of hydrogen-bond donors (Lipinski definition) is 0. The molecule has 0 saturated carbocycles. The highest BCUT2D eigenvalue weighted by Gasteiger charge is 2.05. The Balaban J connectivity index is 2.22. The molecule has 0 N–H and O–H groups in total. The normalized spacial score (nSPS) is 13.3. The van der Waals surface area contributed by atoms with E-state index in [1.54, 1.807) is 5.57 Å². The number of unbranched alkanes of at least 4 members (excludes halogenated alkanes) is 10. The smallest absolute Gasteiger partial charge is 0.0265 e. The minimum Gasteiger partial charge on any atom is -0.0654 e. The third-order valence-corrected chi connectivity index (χ3v) is 4.74. The van der Waals surface area contributed by atoms with Gasteiger partial charge in [-0.1, -0.05) is 108 Å². The maximum atomic E-state index is 2.31. The highest BCUT2D eigenvalue weighted by molar-refractivity contribution is 5.43. The topological polar surface area (TPSA) is 0 Å². The molecule has 0 atom stereocenters. The summed E-state index contributed by atoms with van der Waals surface area (Å²) in [6.07, 6.45) is 28.5. The first-order valence-electron chi connectivity index (χ1n) is 9.95. The Morgan fingerprint density at radius 3 is 1.45 bits per heavy atom. The van der Waals surface area contributed by atoms with Crippen molar-refractivity contribution >= 4 is 0 Å². The summed E-state index contributed by atoms with van der Waals surface area (Å²) < 4.78 is 0. The van der Waals surface area contributed by atoms with E-state index in [0.717, 1.165) is 0 Å². The molecule has 0 aliphatic heterocycles. The highest BCUT2D eigenvalue weighted by atomic mass is 14.1. The van der Waals surface area contributed by atoms with Gasteiger partial charge in [0.05, 0.1) is 0 Å². The van der Waals surface area contributed by atoms with Crippen molar-refractivity contribution in [2.75, 3.05) is 0 Å². The van der Waals surface area contributed by atoms with Crippen molar-refractivity contribution in [3.05, 3.63) is 35.5 Å². The van der Waals surface area contributed by atoms with Crippen LogP contribution in [0.25, 0.3) is 0 Å². The fourth-order valence-electron chi connectivity index (χ4n) is 3.26. The molecule has 0 unspecified atom stereocenters. The van der Waals surface area contributed by atoms with E-state index in [0.29, 0.717) is 0 Å². The number of rotatable bonds is 14. The van der Waals surface area contributed by atoms with E-state index in [4.69, 9.17) is 0 Å². The van der Waals surface area contributed by atoms with Gasteiger partial charge in [-0.05, 0) is 31.3 Å². The third kappa shape index (κ3) is 9.28. The predicted molar refractivity (Wildman–Crippen MR) is 101 cm³/mol. The second-order valence-corrected chi connectivity index (χ2v) is 6.81. The molecule has 1 aliphatic rings. The van der Waals surface area contributed by atoms with Gasteiger partial charge in [0.15, 0.2) is 0 Å². The lowest BCUT2D eigenvalue weighted by Crippen LogP contribution is -1.91. The fraction of sp³-hybridized carbons (Fsp3) is 0.727. The molecule has 22 heavy (non-hydrogen) atoms. The summed E-state index contributed by atoms with van der Waals surface area (Å²) in [5, 5.41) is 0. The van der Waals surface area contributed by atoms with E-state index in [1.807, 2.05) is 0 Å². The first-order chi connectivity index (χ1) is 10.9. The van der Waals surface area contributed by atoms with Crippen LogP contribution >= 0.6 is 0 Å². The van der Waals surface area contributed by atoms with Gasteiger partial charge in [-0.2, -0.15) is 0 Å². The maximum Gasteiger partial charge on any atom is -0.0265 e. The molecule has 0 nitrogen and oxygen atoms in total. The van der Waals surface area contributed by atoms with Gasteiger partial charge in [-0.25, -0.2) is 0 Å². The molecule has 126 valence electrons. The molecule has 0 fully saturated rings. The van der Waals surface area contributed by atoms with Crippen LogP contribution in [0.1, 0.15) is 104 Å². The van der Waals surface area contributed by atoms with Crippen LogP contribution in [0.15, 0.2) is 35.5 Å². The van der Waals surface area contributed by atoms with Gasteiger partial charge in [-0.15, -0.1) is 0 Å². The average Bonchev–Trinajstić information content (AvgIpc) is 3.06. The summed E-state index contributed by atoms with van der Waals surface area (Å²) in [4.78, 5) is 0. The predicted octanol–water partition coefficient (Wildman–Crippen LogP) is 7.91. The number of hydrogen-bond acceptors (Lipinski definition) is 0. The molecule has 1 aliphatic carbocycles. The third-order valence-electron chi connectivity index (χ3n) is 4.74. The van der Waals surface area contributed by atoms with Crippen molar-refractivity contribution < 1.29 is 0 Å². The summed E-state index contributed by atoms with van der Waals surface area (Å²) in [5.41, 5.74) is 3.23. The molecule has 0 radical (unpaired) electrons. The van der Waals surface area contributed by atoms with Crippen molar-refractivity contribution in [1.82, 2.24) is 0 Å². The van der Waals surface area contributed by atoms with Crippen LogP contribution in [0.2, 0.25) is 0 Å². The minimum absolute atomic E-state index is 1.32. The Hall–Kier alpha value is -0.780. The van der Waals surface area contributed by atoms with Crippen molar-refractivity contribution in [3.8, 4) is 0 Å². The molecule has 1 rings (SSSR count). The van der Waals surface area contributed by atoms with Gasteiger partial charge < -0.3 is 0 Å². The van der Waals surface area contributed by atoms with Crippen LogP contribution in [-0.4, -0.2) is 0 Å². The Morgan fingerprint density at radius 1 is 0.591 bits per heavy atom. The van der Waals surface area contributed by atoms with E-state index in [1.165, 1.54) is 95.5 Å². The quantitative estimate of drug-likeness (QED) is 0.286. The van der Waals surface area contributed by atoms with Crippen LogP contribution < -0.4 is 0 Å². The zero-order chi connectivity index (χ0) is 15.9. The Labute approximate surface area is 139 Å². The number of allylic oxidation sites excluding steroid dienone is 6. The molecule has 0 aromatic heterocycles. The van der Waals surface area contributed by atoms with E-state index >= 15 is 0 Å². The Bertz CT molecular complexity index is 311. The first-order valence-corrected chi connectivity index (χ1v) is 9.95. The first kappa shape index (κ1) is 19.3. The lowest BCUT2D eigenvalue weighted by molar-refractivity contribution is 0.582. The zero-order valence-corrected chi connectivity index (χ0v) is 15.2. The van der Waals surface area contributed by atoms with Crippen LogP contribution in [0.3, 0.4) is 0 Å². The fourth-order valence-corrected chi connectivity index (χ4v) is 3.26. The van der Waals surface area contributed by atoms with Gasteiger partial charge in [0, 0.05) is 0 Å². The highest BCUT2D eigenvalue weighted by Crippen LogP contribution is 2.24. The van der Waals surface area contributed by atoms with Crippen LogP contribution in [-0.2, 0) is 0 Å². The van der Waals surface area contributed by atoms with Gasteiger partial charge in [0.2, 0.25) is 0 Å². The second kappa shape index (κ2) is 13.9. The van der Waals surface area contributed by atoms with Crippen molar-refractivity contribution in [2.24, 2.45) is 0 Å². The lowest BCUT2D eigenvalue weighted by atomic mass is 9.95. The van der Waals surface area contributed by atoms with E-state index in [9.17, 15) is 0 Å². The summed E-state index contributed by atoms with van der Waals surface area (Å²) in [6, 6.07) is 0. The van der Waals surface area contributed by atoms with Gasteiger partial charge in [0.1, 0.15) is 0 Å². The zero-order valence-electron chi connectivity index (χ0n) is 15.2. The van der Waals surface area contributed by atoms with E-state index in [-0.39, 0.29) is 0 Å². The lowest BCUT2D eigenvalue weighted by Gasteiger charge is -2.10. The summed E-state index contributed by atoms with van der Waals surface area (Å²) in [5.74, 6) is 0. The summed E-state index contributed by atoms with van der Waals surface area (Å²) in [7, 11) is 0. The van der Waals surface area contributed by atoms with Crippen LogP contribution in [0.5, 0.6) is 0 Å². The molecule has 0 bridgehead atoms. The largest absolute Gasteiger partial charge is 0.0654 e. The molecule has 0 aromatic rings. The SMILES string of the molecule is CCCCCCCCC(CCCCCCCC)=C1C=CC=C1. The molecule has 0 saturated heterocycles. The minimum atomic E-state index is 1.32. The molecule has 0 heteroatoms. The van der Waals surface area contributed by atoms with Crippen LogP contribution in [0, 0.1) is 0 Å². The van der Waals surface area contributed by atoms with E-state index < -0.39 is 0 Å². The molecule has 0 aromatic carbocycles. The van der Waals surface area contributed by atoms with Gasteiger partial charge in [-0.3, -0.25) is 0 Å². The van der Waals surface area contributed by atoms with Gasteiger partial charge in [0.25, 0.3) is 0 Å². The second-order valence-electron chi connectivity index (χ2n) is 6.81. The molecular weight excluding hydrogens is 264 g/mol. The standard InChI is InChI=1S/C22H38/c1-3-5-7-9-11-13-17-21(22-19-15-16-20-22)18-14-12-10-8-6-4-2/h15-16,19-20H,3-14,17-18H2,1-2H3. The summed E-state index contributed by atoms with van der Waals surface area (Å²) >= 11 is 0. The Morgan fingerprint density at radius 2 is 1.00 bits per heavy atom. The molecule has 0 amide bonds. The van der Waals surface area contributed by atoms with Crippen molar-refractivity contribution in [1.29, 1.82) is 0 Å². The monoisotopic (exact) mass is 302 g/mol. The summed E-state index contributed by atoms with van der Waals surface area (Å²) in [6.45, 7) is 4.59. The molecular formula is C22H38. The molecule has 0 heterocycles. The van der Waals surface area contributed by atoms with E-state index in [2.05, 4.69) is 38.2 Å². The maximum absolute atomic E-state index is 2.31. The molecule has 0 spiro atoms.